The molecule has 1 aromatic carbocycles. The number of hydrogen-bond acceptors (Lipinski definition) is 4. The molecule has 0 aliphatic rings. The molecule has 0 spiro atoms. The summed E-state index contributed by atoms with van der Waals surface area (Å²) in [4.78, 5) is 5.09. The standard InChI is InChI=1S/C18H24FN3O2S2/c1-18(2,16-9-6-11-25-16)13-22-17(20-3)21-10-12-26(23,24)15-8-5-4-7-14(15)19/h4-9,11H,10,12-13H2,1-3H3,(H2,20,21,22). The predicted molar refractivity (Wildman–Crippen MR) is 105 cm³/mol. The van der Waals surface area contributed by atoms with Crippen LogP contribution in [0.1, 0.15) is 18.7 Å². The minimum Gasteiger partial charge on any atom is -0.356 e. The van der Waals surface area contributed by atoms with Crippen molar-refractivity contribution < 1.29 is 12.8 Å². The maximum Gasteiger partial charge on any atom is 0.191 e. The van der Waals surface area contributed by atoms with Crippen LogP contribution in [0.2, 0.25) is 0 Å². The molecule has 0 fully saturated rings. The zero-order chi connectivity index (χ0) is 19.2. The van der Waals surface area contributed by atoms with E-state index in [4.69, 9.17) is 0 Å². The highest BCUT2D eigenvalue weighted by atomic mass is 32.2. The predicted octanol–water partition coefficient (Wildman–Crippen LogP) is 2.80. The molecule has 142 valence electrons. The smallest absolute Gasteiger partial charge is 0.191 e. The number of nitrogens with zero attached hydrogens (tertiary/aromatic N) is 1. The number of thiophene rings is 1. The highest BCUT2D eigenvalue weighted by molar-refractivity contribution is 7.91. The van der Waals surface area contributed by atoms with Gasteiger partial charge in [0.2, 0.25) is 0 Å². The molecule has 0 aliphatic heterocycles. The first-order valence-electron chi connectivity index (χ1n) is 8.22. The fourth-order valence-electron chi connectivity index (χ4n) is 2.39. The zero-order valence-corrected chi connectivity index (χ0v) is 16.8. The molecule has 8 heteroatoms. The SMILES string of the molecule is CN=C(NCCS(=O)(=O)c1ccccc1F)NCC(C)(C)c1cccs1. The molecule has 0 aliphatic carbocycles. The van der Waals surface area contributed by atoms with Gasteiger partial charge in [-0.3, -0.25) is 4.99 Å². The molecule has 0 bridgehead atoms. The van der Waals surface area contributed by atoms with Crippen molar-refractivity contribution in [2.45, 2.75) is 24.2 Å². The van der Waals surface area contributed by atoms with Crippen LogP contribution in [-0.4, -0.2) is 40.3 Å². The summed E-state index contributed by atoms with van der Waals surface area (Å²) < 4.78 is 38.2. The molecule has 2 aromatic rings. The van der Waals surface area contributed by atoms with E-state index in [1.54, 1.807) is 18.4 Å². The van der Waals surface area contributed by atoms with Gasteiger partial charge >= 0.3 is 0 Å². The number of nitrogens with one attached hydrogen (secondary N) is 2. The lowest BCUT2D eigenvalue weighted by Gasteiger charge is -2.25. The van der Waals surface area contributed by atoms with Gasteiger partial charge in [-0.2, -0.15) is 0 Å². The number of hydrogen-bond donors (Lipinski definition) is 2. The van der Waals surface area contributed by atoms with Crippen LogP contribution >= 0.6 is 11.3 Å². The van der Waals surface area contributed by atoms with Gasteiger partial charge in [0.15, 0.2) is 15.8 Å². The van der Waals surface area contributed by atoms with Crippen LogP contribution in [-0.2, 0) is 15.3 Å². The normalized spacial score (nSPS) is 12.8. The minimum atomic E-state index is -3.69. The fraction of sp³-hybridized carbons (Fsp3) is 0.389. The van der Waals surface area contributed by atoms with Crippen molar-refractivity contribution in [1.29, 1.82) is 0 Å². The Hall–Kier alpha value is -1.93. The number of aliphatic imine (C=N–C) groups is 1. The first-order chi connectivity index (χ1) is 12.3. The number of rotatable bonds is 7. The molecular weight excluding hydrogens is 373 g/mol. The second-order valence-corrected chi connectivity index (χ2v) is 9.49. The van der Waals surface area contributed by atoms with Gasteiger partial charge in [0, 0.05) is 30.4 Å². The molecule has 2 rings (SSSR count). The highest BCUT2D eigenvalue weighted by Gasteiger charge is 2.22. The van der Waals surface area contributed by atoms with Crippen molar-refractivity contribution in [3.63, 3.8) is 0 Å². The summed E-state index contributed by atoms with van der Waals surface area (Å²) in [5.41, 5.74) is -0.0783. The summed E-state index contributed by atoms with van der Waals surface area (Å²) in [7, 11) is -2.07. The summed E-state index contributed by atoms with van der Waals surface area (Å²) in [6.07, 6.45) is 0. The van der Waals surface area contributed by atoms with Crippen LogP contribution in [0, 0.1) is 5.82 Å². The van der Waals surface area contributed by atoms with E-state index >= 15 is 0 Å². The monoisotopic (exact) mass is 397 g/mol. The highest BCUT2D eigenvalue weighted by Crippen LogP contribution is 2.26. The van der Waals surface area contributed by atoms with Gasteiger partial charge < -0.3 is 10.6 Å². The van der Waals surface area contributed by atoms with Gasteiger partial charge in [-0.1, -0.05) is 32.0 Å². The van der Waals surface area contributed by atoms with E-state index in [0.29, 0.717) is 12.5 Å². The number of benzene rings is 1. The third-order valence-corrected chi connectivity index (χ3v) is 6.92. The van der Waals surface area contributed by atoms with Crippen molar-refractivity contribution in [3.8, 4) is 0 Å². The van der Waals surface area contributed by atoms with Crippen LogP contribution in [0.25, 0.3) is 0 Å². The molecule has 0 atom stereocenters. The molecule has 0 amide bonds. The second-order valence-electron chi connectivity index (χ2n) is 6.46. The van der Waals surface area contributed by atoms with Crippen LogP contribution in [0.15, 0.2) is 51.7 Å². The van der Waals surface area contributed by atoms with Crippen LogP contribution in [0.4, 0.5) is 4.39 Å². The van der Waals surface area contributed by atoms with Gasteiger partial charge in [-0.25, -0.2) is 12.8 Å². The Morgan fingerprint density at radius 2 is 1.92 bits per heavy atom. The number of halogens is 1. The molecule has 0 radical (unpaired) electrons. The van der Waals surface area contributed by atoms with E-state index in [2.05, 4.69) is 35.5 Å². The first-order valence-corrected chi connectivity index (χ1v) is 10.8. The Bertz CT molecular complexity index is 847. The number of sulfone groups is 1. The van der Waals surface area contributed by atoms with E-state index in [-0.39, 0.29) is 22.6 Å². The van der Waals surface area contributed by atoms with Crippen molar-refractivity contribution in [3.05, 3.63) is 52.5 Å². The third kappa shape index (κ3) is 5.28. The largest absolute Gasteiger partial charge is 0.356 e. The molecule has 0 unspecified atom stereocenters. The molecule has 1 aromatic heterocycles. The molecule has 0 saturated heterocycles. The molecular formula is C18H24FN3O2S2. The molecule has 5 nitrogen and oxygen atoms in total. The molecule has 26 heavy (non-hydrogen) atoms. The second kappa shape index (κ2) is 8.64. The molecule has 2 N–H and O–H groups in total. The first kappa shape index (κ1) is 20.4. The summed E-state index contributed by atoms with van der Waals surface area (Å²) in [6, 6.07) is 9.50. The van der Waals surface area contributed by atoms with Crippen LogP contribution < -0.4 is 10.6 Å². The summed E-state index contributed by atoms with van der Waals surface area (Å²) in [5.74, 6) is -0.436. The van der Waals surface area contributed by atoms with Gasteiger partial charge in [-0.15, -0.1) is 11.3 Å². The van der Waals surface area contributed by atoms with Gasteiger partial charge in [0.1, 0.15) is 10.7 Å². The van der Waals surface area contributed by atoms with Gasteiger partial charge in [0.05, 0.1) is 5.75 Å². The van der Waals surface area contributed by atoms with E-state index in [9.17, 15) is 12.8 Å². The Morgan fingerprint density at radius 3 is 2.54 bits per heavy atom. The van der Waals surface area contributed by atoms with Crippen molar-refractivity contribution in [2.75, 3.05) is 25.9 Å². The molecule has 1 heterocycles. The summed E-state index contributed by atoms with van der Waals surface area (Å²) in [5, 5.41) is 8.22. The average Bonchev–Trinajstić information content (AvgIpc) is 3.13. The quantitative estimate of drug-likeness (QED) is 0.557. The van der Waals surface area contributed by atoms with Crippen molar-refractivity contribution >= 4 is 27.1 Å². The Morgan fingerprint density at radius 1 is 1.19 bits per heavy atom. The van der Waals surface area contributed by atoms with Crippen molar-refractivity contribution in [1.82, 2.24) is 10.6 Å². The Balaban J connectivity index is 1.89. The lowest BCUT2D eigenvalue weighted by atomic mass is 9.91. The van der Waals surface area contributed by atoms with E-state index in [1.807, 2.05) is 11.4 Å². The van der Waals surface area contributed by atoms with Gasteiger partial charge in [0.25, 0.3) is 0 Å². The van der Waals surface area contributed by atoms with E-state index in [1.165, 1.54) is 23.1 Å². The lowest BCUT2D eigenvalue weighted by Crippen LogP contribution is -2.44. The van der Waals surface area contributed by atoms with Crippen LogP contribution in [0.3, 0.4) is 0 Å². The maximum absolute atomic E-state index is 13.7. The zero-order valence-electron chi connectivity index (χ0n) is 15.1. The van der Waals surface area contributed by atoms with Crippen LogP contribution in [0.5, 0.6) is 0 Å². The number of guanidine groups is 1. The third-order valence-electron chi connectivity index (χ3n) is 3.94. The topological polar surface area (TPSA) is 70.6 Å². The summed E-state index contributed by atoms with van der Waals surface area (Å²) >= 11 is 1.69. The van der Waals surface area contributed by atoms with E-state index in [0.717, 1.165) is 6.07 Å². The lowest BCUT2D eigenvalue weighted by molar-refractivity contribution is 0.519. The van der Waals surface area contributed by atoms with E-state index < -0.39 is 15.7 Å². The minimum absolute atomic E-state index is 0.0783. The molecule has 0 saturated carbocycles. The van der Waals surface area contributed by atoms with Gasteiger partial charge in [-0.05, 0) is 23.6 Å². The maximum atomic E-state index is 13.7. The average molecular weight is 398 g/mol. The fourth-order valence-corrected chi connectivity index (χ4v) is 4.48. The Kier molecular flexibility index (Phi) is 6.77. The van der Waals surface area contributed by atoms with Crippen molar-refractivity contribution in [2.24, 2.45) is 4.99 Å². The Labute approximate surface area is 158 Å². The summed E-state index contributed by atoms with van der Waals surface area (Å²) in [6.45, 7) is 5.03.